The Morgan fingerprint density at radius 2 is 2.18 bits per heavy atom. The van der Waals surface area contributed by atoms with Gasteiger partial charge in [-0.2, -0.15) is 0 Å². The molecule has 11 heavy (non-hydrogen) atoms. The molecule has 1 nitrogen and oxygen atoms in total. The summed E-state index contributed by atoms with van der Waals surface area (Å²) in [5.41, 5.74) is 0. The van der Waals surface area contributed by atoms with E-state index in [1.54, 1.807) is 6.07 Å². The van der Waals surface area contributed by atoms with Gasteiger partial charge in [-0.05, 0) is 0 Å². The third-order valence-corrected chi connectivity index (χ3v) is 3.51. The van der Waals surface area contributed by atoms with Crippen LogP contribution in [0.4, 0.5) is 4.39 Å². The van der Waals surface area contributed by atoms with Gasteiger partial charge in [-0.15, -0.1) is 0 Å². The second-order valence-electron chi connectivity index (χ2n) is 1.79. The molecule has 0 aliphatic rings. The third-order valence-electron chi connectivity index (χ3n) is 1.11. The molecule has 0 aliphatic heterocycles. The van der Waals surface area contributed by atoms with Crippen molar-refractivity contribution in [2.75, 3.05) is 0 Å². The van der Waals surface area contributed by atoms with Crippen molar-refractivity contribution in [3.8, 4) is 0 Å². The molecule has 0 bridgehead atoms. The van der Waals surface area contributed by atoms with E-state index in [-0.39, 0.29) is 9.37 Å². The minimum absolute atomic E-state index is 0.00587. The van der Waals surface area contributed by atoms with E-state index in [0.717, 1.165) is 0 Å². The topological polar surface area (TPSA) is 17.1 Å². The summed E-state index contributed by atoms with van der Waals surface area (Å²) < 4.78 is 24.0. The Balaban J connectivity index is 3.36. The van der Waals surface area contributed by atoms with E-state index in [1.807, 2.05) is 0 Å². The second kappa shape index (κ2) is 3.79. The maximum atomic E-state index is 12.9. The van der Waals surface area contributed by atoms with E-state index >= 15 is 0 Å². The Kier molecular flexibility index (Phi) is 3.23. The van der Waals surface area contributed by atoms with Crippen molar-refractivity contribution in [2.45, 2.75) is 0 Å². The fraction of sp³-hybridized carbons (Fsp3) is 0. The van der Waals surface area contributed by atoms with Gasteiger partial charge >= 0.3 is 83.1 Å². The van der Waals surface area contributed by atoms with Crippen LogP contribution in [0, 0.1) is 5.82 Å². The molecule has 0 aliphatic carbocycles. The number of rotatable bonds is 1. The summed E-state index contributed by atoms with van der Waals surface area (Å²) in [6, 6.07) is 3.03. The first-order valence-electron chi connectivity index (χ1n) is 2.63. The van der Waals surface area contributed by atoms with Crippen LogP contribution < -0.4 is 4.35 Å². The van der Waals surface area contributed by atoms with E-state index in [4.69, 9.17) is 11.6 Å². The van der Waals surface area contributed by atoms with E-state index in [0.29, 0.717) is 4.47 Å². The summed E-state index contributed by atoms with van der Waals surface area (Å²) in [6.45, 7) is 0. The summed E-state index contributed by atoms with van der Waals surface area (Å²) in [4.78, 5) is 0. The van der Waals surface area contributed by atoms with Crippen molar-refractivity contribution in [3.63, 3.8) is 0 Å². The number of benzene rings is 1. The Hall–Kier alpha value is 0.278. The van der Waals surface area contributed by atoms with Crippen LogP contribution in [0.5, 0.6) is 0 Å². The van der Waals surface area contributed by atoms with Crippen molar-refractivity contribution in [2.24, 2.45) is 0 Å². The van der Waals surface area contributed by atoms with Gasteiger partial charge in [0.2, 0.25) is 0 Å². The van der Waals surface area contributed by atoms with Crippen LogP contribution in [0.3, 0.4) is 0 Å². The molecule has 0 radical (unpaired) electrons. The molecule has 0 aromatic heterocycles. The average Bonchev–Trinajstić information content (AvgIpc) is 2.01. The average molecular weight is 299 g/mol. The SMILES string of the molecule is O=[As]c1ccc(Br)c(Cl)c1F. The van der Waals surface area contributed by atoms with Crippen molar-refractivity contribution in [1.82, 2.24) is 0 Å². The molecule has 0 saturated carbocycles. The van der Waals surface area contributed by atoms with Crippen molar-refractivity contribution in [3.05, 3.63) is 27.4 Å². The van der Waals surface area contributed by atoms with Crippen LogP contribution in [-0.4, -0.2) is 15.7 Å². The van der Waals surface area contributed by atoms with Gasteiger partial charge in [0.05, 0.1) is 0 Å². The monoisotopic (exact) mass is 298 g/mol. The van der Waals surface area contributed by atoms with Crippen LogP contribution in [0.1, 0.15) is 0 Å². The summed E-state index contributed by atoms with van der Waals surface area (Å²) in [5, 5.41) is -0.00587. The van der Waals surface area contributed by atoms with Crippen LogP contribution in [0.2, 0.25) is 5.02 Å². The van der Waals surface area contributed by atoms with Gasteiger partial charge in [0.15, 0.2) is 0 Å². The van der Waals surface area contributed by atoms with Crippen LogP contribution in [0.15, 0.2) is 16.6 Å². The molecule has 0 amide bonds. The van der Waals surface area contributed by atoms with E-state index in [2.05, 4.69) is 15.9 Å². The molecule has 0 N–H and O–H groups in total. The van der Waals surface area contributed by atoms with Gasteiger partial charge in [0.25, 0.3) is 0 Å². The molecule has 0 atom stereocenters. The zero-order valence-corrected chi connectivity index (χ0v) is 9.36. The zero-order chi connectivity index (χ0) is 8.43. The summed E-state index contributed by atoms with van der Waals surface area (Å²) >= 11 is 7.22. The van der Waals surface area contributed by atoms with Gasteiger partial charge in [-0.3, -0.25) is 0 Å². The van der Waals surface area contributed by atoms with Crippen LogP contribution >= 0.6 is 27.5 Å². The molecule has 0 spiro atoms. The summed E-state index contributed by atoms with van der Waals surface area (Å²) in [5.74, 6) is -0.587. The minimum atomic E-state index is -1.34. The van der Waals surface area contributed by atoms with Gasteiger partial charge in [0, 0.05) is 0 Å². The number of halogens is 3. The standard InChI is InChI=1S/C6H2AsBrClFO/c8-4-2-1-3(7-11)6(10)5(4)9/h1-2H. The number of hydrogen-bond donors (Lipinski definition) is 0. The Labute approximate surface area is 83.0 Å². The van der Waals surface area contributed by atoms with Gasteiger partial charge in [-0.25, -0.2) is 0 Å². The van der Waals surface area contributed by atoms with Gasteiger partial charge in [0.1, 0.15) is 0 Å². The molecule has 1 rings (SSSR count). The molecule has 1 aromatic rings. The van der Waals surface area contributed by atoms with E-state index in [1.165, 1.54) is 6.07 Å². The molecule has 0 saturated heterocycles. The number of hydrogen-bond acceptors (Lipinski definition) is 1. The zero-order valence-electron chi connectivity index (χ0n) is 5.14. The first-order chi connectivity index (χ1) is 5.16. The first kappa shape index (κ1) is 9.37. The predicted molar refractivity (Wildman–Crippen MR) is 45.2 cm³/mol. The van der Waals surface area contributed by atoms with Crippen molar-refractivity contribution in [1.29, 1.82) is 0 Å². The van der Waals surface area contributed by atoms with E-state index in [9.17, 15) is 8.13 Å². The molecular formula is C6H2AsBrClFO. The maximum absolute atomic E-state index is 12.9. The summed E-state index contributed by atoms with van der Waals surface area (Å²) in [7, 11) is 0. The molecule has 0 heterocycles. The third kappa shape index (κ3) is 1.90. The molecule has 5 heteroatoms. The van der Waals surface area contributed by atoms with E-state index < -0.39 is 21.5 Å². The molecular weight excluding hydrogens is 297 g/mol. The first-order valence-corrected chi connectivity index (χ1v) is 5.51. The van der Waals surface area contributed by atoms with Crippen molar-refractivity contribution >= 4 is 47.6 Å². The Bertz CT molecular complexity index is 305. The van der Waals surface area contributed by atoms with Crippen molar-refractivity contribution < 1.29 is 8.13 Å². The quantitative estimate of drug-likeness (QED) is 0.572. The fourth-order valence-electron chi connectivity index (χ4n) is 0.586. The fourth-order valence-corrected chi connectivity index (χ4v) is 1.89. The Morgan fingerprint density at radius 3 is 2.73 bits per heavy atom. The molecule has 0 unspecified atom stereocenters. The molecule has 1 aromatic carbocycles. The van der Waals surface area contributed by atoms with Crippen LogP contribution in [-0.2, 0) is 3.74 Å². The van der Waals surface area contributed by atoms with Gasteiger partial charge < -0.3 is 0 Å². The normalized spacial score (nSPS) is 10.5. The van der Waals surface area contributed by atoms with Crippen LogP contribution in [0.25, 0.3) is 0 Å². The molecule has 0 fully saturated rings. The van der Waals surface area contributed by atoms with Gasteiger partial charge in [-0.1, -0.05) is 0 Å². The molecule has 58 valence electrons. The second-order valence-corrected chi connectivity index (χ2v) is 4.41. The summed E-state index contributed by atoms with van der Waals surface area (Å²) in [6.07, 6.45) is 0. The Morgan fingerprint density at radius 1 is 1.55 bits per heavy atom. The predicted octanol–water partition coefficient (Wildman–Crippen LogP) is 1.92.